The number of rotatable bonds is 5. The van der Waals surface area contributed by atoms with Gasteiger partial charge in [-0.3, -0.25) is 4.79 Å². The third-order valence-corrected chi connectivity index (χ3v) is 4.28. The van der Waals surface area contributed by atoms with Gasteiger partial charge in [-0.2, -0.15) is 0 Å². The summed E-state index contributed by atoms with van der Waals surface area (Å²) in [7, 11) is 5.25. The third-order valence-electron chi connectivity index (χ3n) is 4.00. The Bertz CT molecular complexity index is 893. The SMILES string of the molecule is COc1cc2c(cc1C=C(Cl)C(=O)c1ccc(N)c(N(C)C)c1)OCO2. The second-order valence-electron chi connectivity index (χ2n) is 5.94. The van der Waals surface area contributed by atoms with Crippen molar-refractivity contribution >= 4 is 34.8 Å². The van der Waals surface area contributed by atoms with Crippen molar-refractivity contribution in [2.24, 2.45) is 0 Å². The molecule has 0 radical (unpaired) electrons. The second-order valence-corrected chi connectivity index (χ2v) is 6.34. The number of anilines is 2. The molecule has 1 aliphatic rings. The first kappa shape index (κ1) is 17.9. The number of hydrogen-bond donors (Lipinski definition) is 1. The number of carbonyl (C=O) groups excluding carboxylic acids is 1. The van der Waals surface area contributed by atoms with E-state index in [9.17, 15) is 4.79 Å². The van der Waals surface area contributed by atoms with Crippen LogP contribution in [0.1, 0.15) is 15.9 Å². The van der Waals surface area contributed by atoms with E-state index in [4.69, 9.17) is 31.5 Å². The van der Waals surface area contributed by atoms with Crippen LogP contribution in [0.5, 0.6) is 17.2 Å². The maximum Gasteiger partial charge on any atom is 0.231 e. The average molecular weight is 375 g/mol. The number of ether oxygens (including phenoxy) is 3. The minimum absolute atomic E-state index is 0.0524. The Morgan fingerprint density at radius 3 is 2.58 bits per heavy atom. The Morgan fingerprint density at radius 2 is 1.92 bits per heavy atom. The zero-order valence-corrected chi connectivity index (χ0v) is 15.5. The summed E-state index contributed by atoms with van der Waals surface area (Å²) in [4.78, 5) is 14.6. The lowest BCUT2D eigenvalue weighted by molar-refractivity contribution is 0.104. The van der Waals surface area contributed by atoms with Crippen LogP contribution in [0.15, 0.2) is 35.4 Å². The van der Waals surface area contributed by atoms with Gasteiger partial charge in [-0.05, 0) is 30.3 Å². The lowest BCUT2D eigenvalue weighted by Gasteiger charge is -2.16. The Balaban J connectivity index is 1.95. The quantitative estimate of drug-likeness (QED) is 0.490. The van der Waals surface area contributed by atoms with Gasteiger partial charge in [-0.1, -0.05) is 11.6 Å². The zero-order valence-electron chi connectivity index (χ0n) is 14.7. The molecule has 7 heteroatoms. The molecule has 0 unspecified atom stereocenters. The normalized spacial score (nSPS) is 12.8. The molecule has 136 valence electrons. The van der Waals surface area contributed by atoms with E-state index >= 15 is 0 Å². The summed E-state index contributed by atoms with van der Waals surface area (Å²) >= 11 is 6.29. The van der Waals surface area contributed by atoms with Crippen molar-refractivity contribution in [3.05, 3.63) is 46.5 Å². The van der Waals surface area contributed by atoms with Crippen molar-refractivity contribution in [3.63, 3.8) is 0 Å². The summed E-state index contributed by atoms with van der Waals surface area (Å²) in [6.45, 7) is 0.150. The number of nitrogens with zero attached hydrogens (tertiary/aromatic N) is 1. The molecule has 6 nitrogen and oxygen atoms in total. The largest absolute Gasteiger partial charge is 0.496 e. The van der Waals surface area contributed by atoms with E-state index in [1.807, 2.05) is 19.0 Å². The van der Waals surface area contributed by atoms with Gasteiger partial charge in [0, 0.05) is 31.3 Å². The van der Waals surface area contributed by atoms with Gasteiger partial charge in [-0.25, -0.2) is 0 Å². The van der Waals surface area contributed by atoms with Gasteiger partial charge < -0.3 is 24.8 Å². The number of carbonyl (C=O) groups is 1. The van der Waals surface area contributed by atoms with Gasteiger partial charge >= 0.3 is 0 Å². The van der Waals surface area contributed by atoms with Crippen LogP contribution in [0.4, 0.5) is 11.4 Å². The topological polar surface area (TPSA) is 74.0 Å². The van der Waals surface area contributed by atoms with Gasteiger partial charge in [0.25, 0.3) is 0 Å². The number of hydrogen-bond acceptors (Lipinski definition) is 6. The maximum absolute atomic E-state index is 12.7. The number of halogens is 1. The van der Waals surface area contributed by atoms with Crippen molar-refractivity contribution < 1.29 is 19.0 Å². The molecule has 0 spiro atoms. The molecule has 0 aliphatic carbocycles. The molecule has 0 fully saturated rings. The van der Waals surface area contributed by atoms with Crippen molar-refractivity contribution in [1.29, 1.82) is 0 Å². The van der Waals surface area contributed by atoms with Crippen LogP contribution in [0.3, 0.4) is 0 Å². The fourth-order valence-corrected chi connectivity index (χ4v) is 2.87. The number of ketones is 1. The molecule has 0 saturated heterocycles. The van der Waals surface area contributed by atoms with Gasteiger partial charge in [0.1, 0.15) is 5.75 Å². The summed E-state index contributed by atoms with van der Waals surface area (Å²) < 4.78 is 16.0. The molecule has 26 heavy (non-hydrogen) atoms. The lowest BCUT2D eigenvalue weighted by atomic mass is 10.1. The smallest absolute Gasteiger partial charge is 0.231 e. The summed E-state index contributed by atoms with van der Waals surface area (Å²) in [5.74, 6) is 1.40. The number of benzene rings is 2. The molecular weight excluding hydrogens is 356 g/mol. The van der Waals surface area contributed by atoms with Crippen molar-refractivity contribution in [2.45, 2.75) is 0 Å². The van der Waals surface area contributed by atoms with Crippen LogP contribution in [0, 0.1) is 0 Å². The van der Waals surface area contributed by atoms with Gasteiger partial charge in [0.05, 0.1) is 23.5 Å². The van der Waals surface area contributed by atoms with E-state index in [1.54, 1.807) is 36.4 Å². The molecule has 2 aromatic rings. The molecule has 2 aromatic carbocycles. The van der Waals surface area contributed by atoms with Crippen molar-refractivity contribution in [2.75, 3.05) is 38.6 Å². The number of nitrogens with two attached hydrogens (primary N) is 1. The fraction of sp³-hybridized carbons (Fsp3) is 0.211. The number of fused-ring (bicyclic) bond motifs is 1. The van der Waals surface area contributed by atoms with Crippen LogP contribution in [0.25, 0.3) is 6.08 Å². The van der Waals surface area contributed by atoms with Crippen LogP contribution in [-0.2, 0) is 0 Å². The standard InChI is InChI=1S/C19H19ClN2O4/c1-22(2)15-7-11(4-5-14(15)21)19(23)13(20)6-12-8-17-18(26-10-25-17)9-16(12)24-3/h4-9H,10,21H2,1-3H3. The minimum atomic E-state index is -0.311. The summed E-state index contributed by atoms with van der Waals surface area (Å²) in [6, 6.07) is 8.48. The molecule has 2 N–H and O–H groups in total. The van der Waals surface area contributed by atoms with Gasteiger partial charge in [0.2, 0.25) is 12.6 Å². The molecule has 0 amide bonds. The highest BCUT2D eigenvalue weighted by atomic mass is 35.5. The van der Waals surface area contributed by atoms with E-state index in [0.717, 1.165) is 5.69 Å². The highest BCUT2D eigenvalue weighted by Crippen LogP contribution is 2.39. The van der Waals surface area contributed by atoms with Crippen LogP contribution in [-0.4, -0.2) is 33.8 Å². The Labute approximate surface area is 156 Å². The van der Waals surface area contributed by atoms with E-state index in [2.05, 4.69) is 0 Å². The maximum atomic E-state index is 12.7. The minimum Gasteiger partial charge on any atom is -0.496 e. The lowest BCUT2D eigenvalue weighted by Crippen LogP contribution is -2.12. The van der Waals surface area contributed by atoms with E-state index in [0.29, 0.717) is 34.1 Å². The number of nitrogen functional groups attached to an aromatic ring is 1. The molecule has 0 bridgehead atoms. The third kappa shape index (κ3) is 3.41. The predicted molar refractivity (Wildman–Crippen MR) is 102 cm³/mol. The van der Waals surface area contributed by atoms with Gasteiger partial charge in [0.15, 0.2) is 11.5 Å². The first-order valence-corrected chi connectivity index (χ1v) is 8.25. The van der Waals surface area contributed by atoms with Gasteiger partial charge in [-0.15, -0.1) is 0 Å². The van der Waals surface area contributed by atoms with Crippen molar-refractivity contribution in [1.82, 2.24) is 0 Å². The predicted octanol–water partition coefficient (Wildman–Crippen LogP) is 3.53. The molecular formula is C19H19ClN2O4. The summed E-state index contributed by atoms with van der Waals surface area (Å²) in [5.41, 5.74) is 8.35. The summed E-state index contributed by atoms with van der Waals surface area (Å²) in [6.07, 6.45) is 1.55. The average Bonchev–Trinajstić information content (AvgIpc) is 3.07. The number of Topliss-reactive ketones (excluding diaryl/α,β-unsaturated/α-hetero) is 1. The highest BCUT2D eigenvalue weighted by molar-refractivity contribution is 6.47. The molecule has 3 rings (SSSR count). The second kappa shape index (κ2) is 7.17. The zero-order chi connectivity index (χ0) is 18.8. The Hall–Kier alpha value is -2.86. The van der Waals surface area contributed by atoms with E-state index in [-0.39, 0.29) is 17.6 Å². The van der Waals surface area contributed by atoms with Crippen LogP contribution < -0.4 is 24.8 Å². The van der Waals surface area contributed by atoms with Crippen molar-refractivity contribution in [3.8, 4) is 17.2 Å². The molecule has 0 atom stereocenters. The highest BCUT2D eigenvalue weighted by Gasteiger charge is 2.19. The molecule has 0 aromatic heterocycles. The molecule has 1 aliphatic heterocycles. The first-order valence-electron chi connectivity index (χ1n) is 7.87. The Kier molecular flexibility index (Phi) is 4.95. The van der Waals surface area contributed by atoms with Crippen LogP contribution >= 0.6 is 11.6 Å². The Morgan fingerprint density at radius 1 is 1.23 bits per heavy atom. The van der Waals surface area contributed by atoms with E-state index in [1.165, 1.54) is 7.11 Å². The monoisotopic (exact) mass is 374 g/mol. The first-order chi connectivity index (χ1) is 12.4. The van der Waals surface area contributed by atoms with Crippen LogP contribution in [0.2, 0.25) is 0 Å². The molecule has 0 saturated carbocycles. The summed E-state index contributed by atoms with van der Waals surface area (Å²) in [5, 5.41) is 0.0524. The number of allylic oxidation sites excluding steroid dienone is 1. The fourth-order valence-electron chi connectivity index (χ4n) is 2.64. The molecule has 1 heterocycles. The van der Waals surface area contributed by atoms with E-state index < -0.39 is 0 Å². The number of methoxy groups -OCH3 is 1.